The van der Waals surface area contributed by atoms with E-state index in [9.17, 15) is 29.1 Å². The number of nitrogens with zero attached hydrogens (tertiary/aromatic N) is 4. The second kappa shape index (κ2) is 14.1. The van der Waals surface area contributed by atoms with Crippen molar-refractivity contribution in [3.8, 4) is 0 Å². The minimum Gasteiger partial charge on any atom is -0.543 e. The van der Waals surface area contributed by atoms with Crippen LogP contribution in [0, 0.1) is 6.92 Å². The molecule has 1 fully saturated rings. The van der Waals surface area contributed by atoms with Gasteiger partial charge in [0.1, 0.15) is 28.7 Å². The summed E-state index contributed by atoms with van der Waals surface area (Å²) in [6.45, 7) is 1.81. The number of thioether (sulfide) groups is 2. The van der Waals surface area contributed by atoms with Crippen LogP contribution in [0.5, 0.6) is 0 Å². The van der Waals surface area contributed by atoms with Gasteiger partial charge in [0.05, 0.1) is 23.5 Å². The van der Waals surface area contributed by atoms with Gasteiger partial charge in [-0.3, -0.25) is 19.3 Å². The summed E-state index contributed by atoms with van der Waals surface area (Å²) >= 11 is 3.98. The second-order valence-electron chi connectivity index (χ2n) is 9.07. The van der Waals surface area contributed by atoms with Gasteiger partial charge in [-0.05, 0) is 24.1 Å². The van der Waals surface area contributed by atoms with Crippen LogP contribution in [0.4, 0.5) is 4.79 Å². The second-order valence-corrected chi connectivity index (χ2v) is 12.6. The molecule has 43 heavy (non-hydrogen) atoms. The first-order valence-electron chi connectivity index (χ1n) is 12.4. The number of imide groups is 1. The molecule has 2 aliphatic rings. The standard InChI is InChI=1S/C26H24N6O7S3.Na/c1-13-29-30-26(42-13)41-12-16-11-40-23-17(22(35)31(23)19(16)24(36)37)28-20(33)18(14-6-4-3-5-7-14)32(25(38)27-2)21(34)15-8-9-39-10-15;/h3-10,17-18,23H,11-12H2,1-2H3,(H,27,38)(H,28,33)(H,36,37);/q;+1/p-1/t17?,18?,23-;/m0./s1. The number of carbonyl (C=O) groups excluding carboxylic acids is 5. The van der Waals surface area contributed by atoms with Crippen LogP contribution in [-0.2, 0) is 14.4 Å². The number of aryl methyl sites for hydroxylation is 1. The van der Waals surface area contributed by atoms with E-state index in [0.717, 1.165) is 21.1 Å². The van der Waals surface area contributed by atoms with Crippen LogP contribution in [0.2, 0.25) is 0 Å². The summed E-state index contributed by atoms with van der Waals surface area (Å²) in [4.78, 5) is 67.4. The van der Waals surface area contributed by atoms with Crippen molar-refractivity contribution >= 4 is 64.6 Å². The van der Waals surface area contributed by atoms with Crippen LogP contribution in [0.3, 0.4) is 0 Å². The molecule has 3 atom stereocenters. The van der Waals surface area contributed by atoms with Gasteiger partial charge in [-0.15, -0.1) is 22.0 Å². The Hall–Kier alpha value is -3.15. The Morgan fingerprint density at radius 1 is 1.21 bits per heavy atom. The predicted octanol–water partition coefficient (Wildman–Crippen LogP) is -1.84. The Morgan fingerprint density at radius 2 is 1.95 bits per heavy atom. The zero-order valence-corrected chi connectivity index (χ0v) is 27.6. The third-order valence-electron chi connectivity index (χ3n) is 6.46. The van der Waals surface area contributed by atoms with Crippen molar-refractivity contribution in [2.75, 3.05) is 18.6 Å². The van der Waals surface area contributed by atoms with Crippen LogP contribution in [0.25, 0.3) is 0 Å². The number of carboxylic acid groups (broad SMARTS) is 1. The molecule has 0 saturated carbocycles. The molecule has 0 radical (unpaired) electrons. The fraction of sp³-hybridized carbons (Fsp3) is 0.269. The topological polar surface area (TPSA) is 178 Å². The Kier molecular flexibility index (Phi) is 10.7. The average Bonchev–Trinajstić information content (AvgIpc) is 3.68. The van der Waals surface area contributed by atoms with Gasteiger partial charge in [0, 0.05) is 18.6 Å². The van der Waals surface area contributed by atoms with Gasteiger partial charge in [-0.1, -0.05) is 53.4 Å². The maximum atomic E-state index is 13.8. The number of aliphatic carboxylic acids is 1. The van der Waals surface area contributed by atoms with Crippen molar-refractivity contribution in [1.29, 1.82) is 0 Å². The van der Waals surface area contributed by atoms with Crippen LogP contribution in [0.15, 0.2) is 69.0 Å². The number of nitrogens with one attached hydrogen (secondary N) is 2. The Bertz CT molecular complexity index is 1570. The molecular formula is C26H23N6NaO7S3. The van der Waals surface area contributed by atoms with Crippen molar-refractivity contribution in [3.63, 3.8) is 0 Å². The van der Waals surface area contributed by atoms with Crippen LogP contribution >= 0.6 is 34.9 Å². The smallest absolute Gasteiger partial charge is 0.543 e. The molecule has 17 heteroatoms. The molecule has 1 saturated heterocycles. The first-order chi connectivity index (χ1) is 20.2. The molecule has 0 bridgehead atoms. The summed E-state index contributed by atoms with van der Waals surface area (Å²) in [5, 5.41) is 25.2. The number of amides is 5. The van der Waals surface area contributed by atoms with E-state index >= 15 is 0 Å². The molecule has 2 aromatic heterocycles. The third kappa shape index (κ3) is 6.68. The largest absolute Gasteiger partial charge is 1.00 e. The molecule has 0 spiro atoms. The van der Waals surface area contributed by atoms with E-state index in [1.54, 1.807) is 30.3 Å². The van der Waals surface area contributed by atoms with Crippen molar-refractivity contribution in [3.05, 3.63) is 76.3 Å². The molecule has 3 aromatic rings. The molecule has 2 N–H and O–H groups in total. The number of aromatic nitrogens is 2. The summed E-state index contributed by atoms with van der Waals surface area (Å²) in [7, 11) is 1.32. The fourth-order valence-corrected chi connectivity index (χ4v) is 7.83. The zero-order chi connectivity index (χ0) is 30.0. The first kappa shape index (κ1) is 32.8. The predicted molar refractivity (Wildman–Crippen MR) is 151 cm³/mol. The summed E-state index contributed by atoms with van der Waals surface area (Å²) in [5.74, 6) is -3.19. The minimum absolute atomic E-state index is 0. The van der Waals surface area contributed by atoms with E-state index in [1.807, 2.05) is 6.92 Å². The van der Waals surface area contributed by atoms with E-state index in [2.05, 4.69) is 20.8 Å². The monoisotopic (exact) mass is 650 g/mol. The third-order valence-corrected chi connectivity index (χ3v) is 9.86. The van der Waals surface area contributed by atoms with E-state index in [0.29, 0.717) is 15.5 Å². The maximum Gasteiger partial charge on any atom is 1.00 e. The van der Waals surface area contributed by atoms with Crippen molar-refractivity contribution < 1.29 is 63.1 Å². The van der Waals surface area contributed by atoms with E-state index in [4.69, 9.17) is 4.42 Å². The van der Waals surface area contributed by atoms with E-state index < -0.39 is 47.2 Å². The van der Waals surface area contributed by atoms with E-state index in [1.165, 1.54) is 54.2 Å². The molecule has 0 aliphatic carbocycles. The van der Waals surface area contributed by atoms with Crippen LogP contribution < -0.4 is 45.3 Å². The normalized spacial score (nSPS) is 18.1. The molecule has 2 unspecified atom stereocenters. The summed E-state index contributed by atoms with van der Waals surface area (Å²) < 4.78 is 5.66. The minimum atomic E-state index is -1.50. The van der Waals surface area contributed by atoms with Crippen LogP contribution in [0.1, 0.15) is 27.0 Å². The summed E-state index contributed by atoms with van der Waals surface area (Å²) in [6.07, 6.45) is 2.42. The number of fused-ring (bicyclic) bond motifs is 1. The quantitative estimate of drug-likeness (QED) is 0.151. The number of carboxylic acids is 1. The number of rotatable bonds is 9. The van der Waals surface area contributed by atoms with Gasteiger partial charge >= 0.3 is 35.6 Å². The number of furan rings is 1. The Labute approximate surface area is 280 Å². The van der Waals surface area contributed by atoms with Crippen LogP contribution in [-0.4, -0.2) is 79.7 Å². The SMILES string of the molecule is CNC(=O)N(C(=O)c1ccoc1)C(C(=O)NC1C(=O)N2C(C(=O)[O-])=C(CSc3nnc(C)s3)CS[C@@H]12)c1ccccc1.[Na+]. The average molecular weight is 651 g/mol. The number of hydrogen-bond donors (Lipinski definition) is 2. The molecule has 218 valence electrons. The molecular weight excluding hydrogens is 628 g/mol. The van der Waals surface area contributed by atoms with Crippen molar-refractivity contribution in [1.82, 2.24) is 30.6 Å². The molecule has 4 heterocycles. The van der Waals surface area contributed by atoms with Gasteiger partial charge in [0.25, 0.3) is 11.8 Å². The fourth-order valence-electron chi connectivity index (χ4n) is 4.53. The van der Waals surface area contributed by atoms with Gasteiger partial charge in [-0.2, -0.15) is 0 Å². The molecule has 5 rings (SSSR count). The Morgan fingerprint density at radius 3 is 2.56 bits per heavy atom. The molecule has 5 amide bonds. The number of urea groups is 1. The molecule has 13 nitrogen and oxygen atoms in total. The number of β-lactam (4-membered cyclic amide) rings is 1. The maximum absolute atomic E-state index is 13.8. The van der Waals surface area contributed by atoms with Gasteiger partial charge < -0.3 is 25.0 Å². The van der Waals surface area contributed by atoms with Crippen molar-refractivity contribution in [2.24, 2.45) is 0 Å². The van der Waals surface area contributed by atoms with Crippen molar-refractivity contribution in [2.45, 2.75) is 28.7 Å². The van der Waals surface area contributed by atoms with Gasteiger partial charge in [0.2, 0.25) is 5.91 Å². The summed E-state index contributed by atoms with van der Waals surface area (Å²) in [5.41, 5.74) is 0.617. The molecule has 2 aliphatic heterocycles. The van der Waals surface area contributed by atoms with E-state index in [-0.39, 0.29) is 52.3 Å². The Balaban J connectivity index is 0.00000423. The van der Waals surface area contributed by atoms with Gasteiger partial charge in [0.15, 0.2) is 4.34 Å². The zero-order valence-electron chi connectivity index (χ0n) is 23.1. The molecule has 1 aromatic carbocycles. The number of hydrogen-bond acceptors (Lipinski definition) is 12. The number of benzene rings is 1. The number of carbonyl (C=O) groups is 5. The summed E-state index contributed by atoms with van der Waals surface area (Å²) in [6, 6.07) is 6.11. The first-order valence-corrected chi connectivity index (χ1v) is 15.3. The van der Waals surface area contributed by atoms with Gasteiger partial charge in [-0.25, -0.2) is 9.69 Å².